The molecule has 0 aromatic carbocycles. The molecule has 1 N–H and O–H groups in total. The van der Waals surface area contributed by atoms with Crippen LogP contribution in [0.2, 0.25) is 0 Å². The third-order valence-corrected chi connectivity index (χ3v) is 2.92. The van der Waals surface area contributed by atoms with E-state index in [1.165, 1.54) is 17.1 Å². The van der Waals surface area contributed by atoms with E-state index in [0.717, 1.165) is 31.0 Å². The number of hydrogen-bond acceptors (Lipinski definition) is 3. The van der Waals surface area contributed by atoms with Gasteiger partial charge in [0.05, 0.1) is 11.4 Å². The van der Waals surface area contributed by atoms with Crippen LogP contribution in [0.3, 0.4) is 0 Å². The van der Waals surface area contributed by atoms with Crippen LogP contribution in [0.5, 0.6) is 0 Å². The second-order valence-electron chi connectivity index (χ2n) is 4.11. The average molecular weight is 202 g/mol. The summed E-state index contributed by atoms with van der Waals surface area (Å²) in [4.78, 5) is 9.05. The summed E-state index contributed by atoms with van der Waals surface area (Å²) < 4.78 is 2.16. The zero-order valence-corrected chi connectivity index (χ0v) is 9.04. The fourth-order valence-corrected chi connectivity index (χ4v) is 2.28. The Kier molecular flexibility index (Phi) is 1.79. The van der Waals surface area contributed by atoms with E-state index in [1.807, 2.05) is 6.92 Å². The first kappa shape index (κ1) is 8.85. The van der Waals surface area contributed by atoms with Gasteiger partial charge in [0.15, 0.2) is 0 Å². The molecule has 15 heavy (non-hydrogen) atoms. The number of rotatable bonds is 0. The summed E-state index contributed by atoms with van der Waals surface area (Å²) in [5, 5.41) is 3.37. The summed E-state index contributed by atoms with van der Waals surface area (Å²) in [6.45, 7) is 6.05. The van der Waals surface area contributed by atoms with Crippen molar-refractivity contribution in [1.82, 2.24) is 19.7 Å². The lowest BCUT2D eigenvalue weighted by atomic mass is 10.2. The molecule has 4 nitrogen and oxygen atoms in total. The van der Waals surface area contributed by atoms with Gasteiger partial charge in [-0.05, 0) is 19.9 Å². The quantitative estimate of drug-likeness (QED) is 0.692. The Bertz CT molecular complexity index is 527. The third-order valence-electron chi connectivity index (χ3n) is 2.92. The standard InChI is InChI=1S/C11H14N4/c1-7-5-8(2)15-10-6-12-4-3-9(10)14-11(15)13-7/h5,12H,3-4,6H2,1-2H3. The lowest BCUT2D eigenvalue weighted by molar-refractivity contribution is 0.619. The van der Waals surface area contributed by atoms with Crippen LogP contribution in [0, 0.1) is 13.8 Å². The molecule has 0 atom stereocenters. The van der Waals surface area contributed by atoms with Gasteiger partial charge in [-0.1, -0.05) is 0 Å². The summed E-state index contributed by atoms with van der Waals surface area (Å²) in [6, 6.07) is 2.10. The third kappa shape index (κ3) is 1.25. The SMILES string of the molecule is Cc1cc(C)n2c3c(nc2n1)CCNC3. The van der Waals surface area contributed by atoms with Gasteiger partial charge in [0.2, 0.25) is 5.78 Å². The number of aryl methyl sites for hydroxylation is 2. The number of nitrogens with one attached hydrogen (secondary N) is 1. The molecule has 0 bridgehead atoms. The highest BCUT2D eigenvalue weighted by atomic mass is 15.1. The van der Waals surface area contributed by atoms with Gasteiger partial charge < -0.3 is 5.32 Å². The highest BCUT2D eigenvalue weighted by molar-refractivity contribution is 5.40. The van der Waals surface area contributed by atoms with Crippen LogP contribution in [0.4, 0.5) is 0 Å². The largest absolute Gasteiger partial charge is 0.311 e. The molecule has 0 radical (unpaired) electrons. The van der Waals surface area contributed by atoms with Crippen molar-refractivity contribution in [2.24, 2.45) is 0 Å². The fraction of sp³-hybridized carbons (Fsp3) is 0.455. The predicted molar refractivity (Wildman–Crippen MR) is 57.9 cm³/mol. The van der Waals surface area contributed by atoms with Crippen molar-refractivity contribution in [1.29, 1.82) is 0 Å². The minimum Gasteiger partial charge on any atom is -0.311 e. The van der Waals surface area contributed by atoms with Crippen molar-refractivity contribution < 1.29 is 0 Å². The number of fused-ring (bicyclic) bond motifs is 3. The zero-order chi connectivity index (χ0) is 10.4. The van der Waals surface area contributed by atoms with Crippen LogP contribution in [-0.2, 0) is 13.0 Å². The number of hydrogen-bond donors (Lipinski definition) is 1. The van der Waals surface area contributed by atoms with Crippen molar-refractivity contribution in [3.8, 4) is 0 Å². The van der Waals surface area contributed by atoms with Crippen LogP contribution in [0.1, 0.15) is 22.8 Å². The Labute approximate surface area is 88.4 Å². The highest BCUT2D eigenvalue weighted by Crippen LogP contribution is 2.17. The minimum atomic E-state index is 0.848. The Hall–Kier alpha value is -1.42. The normalized spacial score (nSPS) is 15.6. The Morgan fingerprint density at radius 1 is 1.33 bits per heavy atom. The molecule has 4 heteroatoms. The van der Waals surface area contributed by atoms with Crippen molar-refractivity contribution in [2.75, 3.05) is 6.54 Å². The molecular formula is C11H14N4. The molecule has 0 unspecified atom stereocenters. The van der Waals surface area contributed by atoms with Gasteiger partial charge in [-0.25, -0.2) is 9.97 Å². The first-order chi connectivity index (χ1) is 7.25. The molecule has 3 rings (SSSR count). The predicted octanol–water partition coefficient (Wildman–Crippen LogP) is 0.992. The fourth-order valence-electron chi connectivity index (χ4n) is 2.28. The maximum Gasteiger partial charge on any atom is 0.234 e. The minimum absolute atomic E-state index is 0.848. The van der Waals surface area contributed by atoms with E-state index < -0.39 is 0 Å². The molecule has 1 aliphatic heterocycles. The van der Waals surface area contributed by atoms with Crippen LogP contribution in [0.15, 0.2) is 6.07 Å². The van der Waals surface area contributed by atoms with Crippen LogP contribution in [0.25, 0.3) is 5.78 Å². The van der Waals surface area contributed by atoms with Crippen LogP contribution >= 0.6 is 0 Å². The molecule has 0 saturated heterocycles. The van der Waals surface area contributed by atoms with E-state index in [1.54, 1.807) is 0 Å². The van der Waals surface area contributed by atoms with E-state index in [-0.39, 0.29) is 0 Å². The zero-order valence-electron chi connectivity index (χ0n) is 9.04. The van der Waals surface area contributed by atoms with Gasteiger partial charge in [0.25, 0.3) is 0 Å². The summed E-state index contributed by atoms with van der Waals surface area (Å²) in [6.07, 6.45) is 1.01. The lowest BCUT2D eigenvalue weighted by Gasteiger charge is -2.13. The van der Waals surface area contributed by atoms with E-state index in [4.69, 9.17) is 0 Å². The summed E-state index contributed by atoms with van der Waals surface area (Å²) in [7, 11) is 0. The van der Waals surface area contributed by atoms with E-state index in [2.05, 4.69) is 32.7 Å². The van der Waals surface area contributed by atoms with E-state index >= 15 is 0 Å². The molecular weight excluding hydrogens is 188 g/mol. The molecule has 0 saturated carbocycles. The molecule has 0 amide bonds. The number of nitrogens with zero attached hydrogens (tertiary/aromatic N) is 3. The highest BCUT2D eigenvalue weighted by Gasteiger charge is 2.17. The number of imidazole rings is 1. The average Bonchev–Trinajstić information content (AvgIpc) is 2.54. The van der Waals surface area contributed by atoms with Crippen molar-refractivity contribution in [3.63, 3.8) is 0 Å². The summed E-state index contributed by atoms with van der Waals surface area (Å²) >= 11 is 0. The first-order valence-electron chi connectivity index (χ1n) is 5.31. The molecule has 78 valence electrons. The molecule has 2 aromatic rings. The van der Waals surface area contributed by atoms with Crippen molar-refractivity contribution in [3.05, 3.63) is 28.8 Å². The van der Waals surface area contributed by atoms with Gasteiger partial charge in [-0.2, -0.15) is 0 Å². The second kappa shape index (κ2) is 3.03. The van der Waals surface area contributed by atoms with Crippen LogP contribution in [-0.4, -0.2) is 20.9 Å². The molecule has 1 aliphatic rings. The smallest absolute Gasteiger partial charge is 0.234 e. The topological polar surface area (TPSA) is 42.2 Å². The Balaban J connectivity index is 2.37. The van der Waals surface area contributed by atoms with E-state index in [9.17, 15) is 0 Å². The summed E-state index contributed by atoms with van der Waals surface area (Å²) in [5.41, 5.74) is 4.74. The molecule has 2 aromatic heterocycles. The molecule has 3 heterocycles. The van der Waals surface area contributed by atoms with Gasteiger partial charge in [-0.3, -0.25) is 4.40 Å². The second-order valence-corrected chi connectivity index (χ2v) is 4.11. The van der Waals surface area contributed by atoms with Crippen molar-refractivity contribution >= 4 is 5.78 Å². The molecule has 0 fully saturated rings. The van der Waals surface area contributed by atoms with Crippen molar-refractivity contribution in [2.45, 2.75) is 26.8 Å². The van der Waals surface area contributed by atoms with Gasteiger partial charge in [0.1, 0.15) is 0 Å². The number of aromatic nitrogens is 3. The Morgan fingerprint density at radius 2 is 2.20 bits per heavy atom. The maximum absolute atomic E-state index is 4.59. The monoisotopic (exact) mass is 202 g/mol. The summed E-state index contributed by atoms with van der Waals surface area (Å²) in [5.74, 6) is 0.848. The Morgan fingerprint density at radius 3 is 3.07 bits per heavy atom. The van der Waals surface area contributed by atoms with Gasteiger partial charge in [0, 0.05) is 30.9 Å². The van der Waals surface area contributed by atoms with E-state index in [0.29, 0.717) is 0 Å². The lowest BCUT2D eigenvalue weighted by Crippen LogP contribution is -2.24. The van der Waals surface area contributed by atoms with Gasteiger partial charge in [-0.15, -0.1) is 0 Å². The first-order valence-corrected chi connectivity index (χ1v) is 5.31. The van der Waals surface area contributed by atoms with Gasteiger partial charge >= 0.3 is 0 Å². The maximum atomic E-state index is 4.59. The molecule has 0 spiro atoms. The molecule has 0 aliphatic carbocycles. The van der Waals surface area contributed by atoms with Crippen LogP contribution < -0.4 is 5.32 Å².